The third-order valence-electron chi connectivity index (χ3n) is 1.53. The summed E-state index contributed by atoms with van der Waals surface area (Å²) in [5.41, 5.74) is 1.37. The number of ether oxygens (including phenoxy) is 1. The quantitative estimate of drug-likeness (QED) is 0.760. The molecule has 1 aromatic carbocycles. The Morgan fingerprint density at radius 3 is 2.73 bits per heavy atom. The van der Waals surface area contributed by atoms with Crippen LogP contribution in [0.1, 0.15) is 5.56 Å². The van der Waals surface area contributed by atoms with Gasteiger partial charge in [0.2, 0.25) is 0 Å². The SMILES string of the molecule is COCCc1ccccc1I. The summed E-state index contributed by atoms with van der Waals surface area (Å²) in [5, 5.41) is 0. The van der Waals surface area contributed by atoms with Crippen molar-refractivity contribution in [2.24, 2.45) is 0 Å². The van der Waals surface area contributed by atoms with Gasteiger partial charge in [-0.2, -0.15) is 0 Å². The average molecular weight is 262 g/mol. The van der Waals surface area contributed by atoms with Gasteiger partial charge in [-0.05, 0) is 40.6 Å². The molecule has 0 fully saturated rings. The van der Waals surface area contributed by atoms with Crippen LogP contribution in [0, 0.1) is 3.57 Å². The van der Waals surface area contributed by atoms with E-state index in [2.05, 4.69) is 46.9 Å². The highest BCUT2D eigenvalue weighted by molar-refractivity contribution is 14.1. The van der Waals surface area contributed by atoms with Gasteiger partial charge in [0, 0.05) is 10.7 Å². The van der Waals surface area contributed by atoms with Crippen molar-refractivity contribution in [3.05, 3.63) is 33.4 Å². The molecule has 1 rings (SSSR count). The van der Waals surface area contributed by atoms with E-state index in [1.807, 2.05) is 0 Å². The Bertz CT molecular complexity index is 223. The van der Waals surface area contributed by atoms with Gasteiger partial charge < -0.3 is 4.74 Å². The molecule has 0 aliphatic heterocycles. The first-order valence-electron chi connectivity index (χ1n) is 3.57. The molecule has 0 aromatic heterocycles. The largest absolute Gasteiger partial charge is 0.384 e. The fourth-order valence-corrected chi connectivity index (χ4v) is 1.57. The van der Waals surface area contributed by atoms with Gasteiger partial charge in [0.25, 0.3) is 0 Å². The molecule has 60 valence electrons. The molecule has 2 heteroatoms. The molecule has 0 bridgehead atoms. The normalized spacial score (nSPS) is 10.0. The van der Waals surface area contributed by atoms with Crippen molar-refractivity contribution in [3.63, 3.8) is 0 Å². The summed E-state index contributed by atoms with van der Waals surface area (Å²) in [5.74, 6) is 0. The molecule has 0 saturated carbocycles. The predicted octanol–water partition coefficient (Wildman–Crippen LogP) is 2.48. The Balaban J connectivity index is 2.62. The molecule has 0 heterocycles. The van der Waals surface area contributed by atoms with E-state index < -0.39 is 0 Å². The van der Waals surface area contributed by atoms with Crippen molar-refractivity contribution < 1.29 is 4.74 Å². The molecule has 0 aliphatic carbocycles. The van der Waals surface area contributed by atoms with Gasteiger partial charge >= 0.3 is 0 Å². The van der Waals surface area contributed by atoms with Crippen LogP contribution in [0.4, 0.5) is 0 Å². The summed E-state index contributed by atoms with van der Waals surface area (Å²) in [4.78, 5) is 0. The number of hydrogen-bond acceptors (Lipinski definition) is 1. The van der Waals surface area contributed by atoms with Crippen molar-refractivity contribution in [1.29, 1.82) is 0 Å². The van der Waals surface area contributed by atoms with E-state index in [0.717, 1.165) is 13.0 Å². The molecule has 0 aliphatic rings. The summed E-state index contributed by atoms with van der Waals surface area (Å²) in [6, 6.07) is 8.37. The second kappa shape index (κ2) is 4.72. The lowest BCUT2D eigenvalue weighted by Gasteiger charge is -2.01. The fourth-order valence-electron chi connectivity index (χ4n) is 0.913. The van der Waals surface area contributed by atoms with E-state index in [0.29, 0.717) is 0 Å². The monoisotopic (exact) mass is 262 g/mol. The summed E-state index contributed by atoms with van der Waals surface area (Å²) < 4.78 is 6.32. The molecule has 0 saturated heterocycles. The number of halogens is 1. The summed E-state index contributed by atoms with van der Waals surface area (Å²) >= 11 is 2.34. The van der Waals surface area contributed by atoms with E-state index in [1.165, 1.54) is 9.13 Å². The van der Waals surface area contributed by atoms with Crippen molar-refractivity contribution in [2.75, 3.05) is 13.7 Å². The highest BCUT2D eigenvalue weighted by atomic mass is 127. The first-order valence-corrected chi connectivity index (χ1v) is 4.65. The van der Waals surface area contributed by atoms with Gasteiger partial charge in [0.05, 0.1) is 6.61 Å². The van der Waals surface area contributed by atoms with Gasteiger partial charge in [-0.25, -0.2) is 0 Å². The molecule has 0 radical (unpaired) electrons. The lowest BCUT2D eigenvalue weighted by atomic mass is 10.2. The zero-order chi connectivity index (χ0) is 8.10. The molecular formula is C9H11IO. The van der Waals surface area contributed by atoms with Crippen LogP contribution in [0.25, 0.3) is 0 Å². The van der Waals surface area contributed by atoms with Crippen molar-refractivity contribution >= 4 is 22.6 Å². The Labute approximate surface area is 80.9 Å². The molecule has 0 spiro atoms. The fraction of sp³-hybridized carbons (Fsp3) is 0.333. The Hall–Kier alpha value is -0.0900. The van der Waals surface area contributed by atoms with Gasteiger partial charge in [0.1, 0.15) is 0 Å². The number of hydrogen-bond donors (Lipinski definition) is 0. The van der Waals surface area contributed by atoms with Crippen LogP contribution in [0.3, 0.4) is 0 Å². The van der Waals surface area contributed by atoms with Crippen LogP contribution in [-0.2, 0) is 11.2 Å². The zero-order valence-electron chi connectivity index (χ0n) is 6.51. The first-order chi connectivity index (χ1) is 5.34. The summed E-state index contributed by atoms with van der Waals surface area (Å²) in [7, 11) is 1.73. The standard InChI is InChI=1S/C9H11IO/c1-11-7-6-8-4-2-3-5-9(8)10/h2-5H,6-7H2,1H3. The zero-order valence-corrected chi connectivity index (χ0v) is 8.67. The molecule has 0 unspecified atom stereocenters. The predicted molar refractivity (Wildman–Crippen MR) is 54.7 cm³/mol. The summed E-state index contributed by atoms with van der Waals surface area (Å²) in [6.45, 7) is 0.806. The van der Waals surface area contributed by atoms with Crippen molar-refractivity contribution in [3.8, 4) is 0 Å². The molecule has 1 aromatic rings. The molecule has 0 atom stereocenters. The van der Waals surface area contributed by atoms with Crippen LogP contribution >= 0.6 is 22.6 Å². The van der Waals surface area contributed by atoms with E-state index in [1.54, 1.807) is 7.11 Å². The second-order valence-corrected chi connectivity index (χ2v) is 3.50. The van der Waals surface area contributed by atoms with Crippen LogP contribution in [0.15, 0.2) is 24.3 Å². The van der Waals surface area contributed by atoms with Crippen LogP contribution in [0.2, 0.25) is 0 Å². The maximum atomic E-state index is 5.00. The lowest BCUT2D eigenvalue weighted by Crippen LogP contribution is -1.95. The van der Waals surface area contributed by atoms with Crippen LogP contribution in [0.5, 0.6) is 0 Å². The number of methoxy groups -OCH3 is 1. The van der Waals surface area contributed by atoms with E-state index in [4.69, 9.17) is 4.74 Å². The topological polar surface area (TPSA) is 9.23 Å². The third kappa shape index (κ3) is 2.79. The maximum absolute atomic E-state index is 5.00. The smallest absolute Gasteiger partial charge is 0.0503 e. The molecule has 0 amide bonds. The first kappa shape index (κ1) is 9.00. The van der Waals surface area contributed by atoms with Gasteiger partial charge in [0.15, 0.2) is 0 Å². The van der Waals surface area contributed by atoms with Crippen molar-refractivity contribution in [2.45, 2.75) is 6.42 Å². The van der Waals surface area contributed by atoms with Gasteiger partial charge in [-0.1, -0.05) is 18.2 Å². The Kier molecular flexibility index (Phi) is 3.86. The lowest BCUT2D eigenvalue weighted by molar-refractivity contribution is 0.202. The van der Waals surface area contributed by atoms with Gasteiger partial charge in [-0.3, -0.25) is 0 Å². The Morgan fingerprint density at radius 1 is 1.36 bits per heavy atom. The molecule has 1 nitrogen and oxygen atoms in total. The maximum Gasteiger partial charge on any atom is 0.0503 e. The van der Waals surface area contributed by atoms with Gasteiger partial charge in [-0.15, -0.1) is 0 Å². The number of benzene rings is 1. The molecular weight excluding hydrogens is 251 g/mol. The van der Waals surface area contributed by atoms with Crippen LogP contribution < -0.4 is 0 Å². The van der Waals surface area contributed by atoms with Crippen LogP contribution in [-0.4, -0.2) is 13.7 Å². The highest BCUT2D eigenvalue weighted by Gasteiger charge is 1.95. The third-order valence-corrected chi connectivity index (χ3v) is 2.59. The minimum absolute atomic E-state index is 0.806. The molecule has 11 heavy (non-hydrogen) atoms. The minimum Gasteiger partial charge on any atom is -0.384 e. The van der Waals surface area contributed by atoms with E-state index in [9.17, 15) is 0 Å². The van der Waals surface area contributed by atoms with Crippen molar-refractivity contribution in [1.82, 2.24) is 0 Å². The summed E-state index contributed by atoms with van der Waals surface area (Å²) in [6.07, 6.45) is 1.01. The minimum atomic E-state index is 0.806. The van der Waals surface area contributed by atoms with E-state index >= 15 is 0 Å². The molecule has 0 N–H and O–H groups in total. The Morgan fingerprint density at radius 2 is 2.09 bits per heavy atom. The average Bonchev–Trinajstić information content (AvgIpc) is 2.03. The highest BCUT2D eigenvalue weighted by Crippen LogP contribution is 2.11. The van der Waals surface area contributed by atoms with E-state index in [-0.39, 0.29) is 0 Å². The second-order valence-electron chi connectivity index (χ2n) is 2.33. The number of rotatable bonds is 3.